The van der Waals surface area contributed by atoms with Crippen molar-refractivity contribution in [2.24, 2.45) is 0 Å². The van der Waals surface area contributed by atoms with Gasteiger partial charge in [0.05, 0.1) is 10.6 Å². The van der Waals surface area contributed by atoms with Crippen LogP contribution in [0.4, 0.5) is 10.7 Å². The van der Waals surface area contributed by atoms with Crippen LogP contribution < -0.4 is 10.6 Å². The monoisotopic (exact) mass is 421 g/mol. The molecule has 154 valence electrons. The molecule has 7 nitrogen and oxygen atoms in total. The van der Waals surface area contributed by atoms with Gasteiger partial charge in [-0.2, -0.15) is 0 Å². The van der Waals surface area contributed by atoms with E-state index in [-0.39, 0.29) is 11.9 Å². The zero-order chi connectivity index (χ0) is 21.1. The van der Waals surface area contributed by atoms with Crippen LogP contribution in [0.2, 0.25) is 0 Å². The SMILES string of the molecule is CC1(C)C(=O)NC(=O)N1CCNc1nccc(-c2ccc(Cc3ccccc3)s2)n1. The first kappa shape index (κ1) is 20.0. The van der Waals surface area contributed by atoms with Gasteiger partial charge in [0.25, 0.3) is 5.91 Å². The first-order valence-electron chi connectivity index (χ1n) is 9.76. The van der Waals surface area contributed by atoms with E-state index >= 15 is 0 Å². The van der Waals surface area contributed by atoms with Crippen molar-refractivity contribution in [3.63, 3.8) is 0 Å². The van der Waals surface area contributed by atoms with Crippen LogP contribution in [0.15, 0.2) is 54.7 Å². The molecule has 0 bridgehead atoms. The summed E-state index contributed by atoms with van der Waals surface area (Å²) >= 11 is 1.72. The van der Waals surface area contributed by atoms with Crippen LogP contribution in [0.25, 0.3) is 10.6 Å². The van der Waals surface area contributed by atoms with Crippen molar-refractivity contribution in [1.29, 1.82) is 0 Å². The Morgan fingerprint density at radius 3 is 2.63 bits per heavy atom. The number of thiophene rings is 1. The minimum atomic E-state index is -0.854. The molecule has 8 heteroatoms. The lowest BCUT2D eigenvalue weighted by molar-refractivity contribution is -0.125. The molecule has 0 saturated carbocycles. The quantitative estimate of drug-likeness (QED) is 0.570. The molecule has 0 radical (unpaired) electrons. The molecule has 3 heterocycles. The van der Waals surface area contributed by atoms with Gasteiger partial charge in [-0.3, -0.25) is 10.1 Å². The summed E-state index contributed by atoms with van der Waals surface area (Å²) in [7, 11) is 0. The highest BCUT2D eigenvalue weighted by Gasteiger charge is 2.44. The highest BCUT2D eigenvalue weighted by molar-refractivity contribution is 7.15. The minimum absolute atomic E-state index is 0.283. The molecular formula is C22H23N5O2S. The number of imide groups is 1. The van der Waals surface area contributed by atoms with E-state index in [0.29, 0.717) is 19.0 Å². The number of aromatic nitrogens is 2. The maximum absolute atomic E-state index is 12.0. The number of carbonyl (C=O) groups is 2. The molecule has 1 aromatic carbocycles. The number of hydrogen-bond donors (Lipinski definition) is 2. The Hall–Kier alpha value is -3.26. The number of hydrogen-bond acceptors (Lipinski definition) is 6. The van der Waals surface area contributed by atoms with Gasteiger partial charge in [-0.25, -0.2) is 14.8 Å². The van der Waals surface area contributed by atoms with Crippen LogP contribution in [0.1, 0.15) is 24.3 Å². The number of nitrogens with one attached hydrogen (secondary N) is 2. The normalized spacial score (nSPS) is 15.3. The zero-order valence-corrected chi connectivity index (χ0v) is 17.7. The van der Waals surface area contributed by atoms with Crippen LogP contribution in [0.3, 0.4) is 0 Å². The molecular weight excluding hydrogens is 398 g/mol. The van der Waals surface area contributed by atoms with Crippen LogP contribution >= 0.6 is 11.3 Å². The van der Waals surface area contributed by atoms with E-state index in [1.54, 1.807) is 31.4 Å². The molecule has 2 aromatic heterocycles. The fraction of sp³-hybridized carbons (Fsp3) is 0.273. The summed E-state index contributed by atoms with van der Waals surface area (Å²) in [6, 6.07) is 16.1. The van der Waals surface area contributed by atoms with Gasteiger partial charge in [-0.1, -0.05) is 30.3 Å². The van der Waals surface area contributed by atoms with Crippen molar-refractivity contribution >= 4 is 29.2 Å². The number of anilines is 1. The van der Waals surface area contributed by atoms with Gasteiger partial charge in [-0.05, 0) is 37.6 Å². The van der Waals surface area contributed by atoms with Gasteiger partial charge in [0.15, 0.2) is 0 Å². The van der Waals surface area contributed by atoms with Crippen LogP contribution in [-0.2, 0) is 11.2 Å². The Morgan fingerprint density at radius 1 is 1.10 bits per heavy atom. The number of urea groups is 1. The van der Waals surface area contributed by atoms with Crippen molar-refractivity contribution in [3.05, 3.63) is 65.2 Å². The largest absolute Gasteiger partial charge is 0.352 e. The third kappa shape index (κ3) is 4.18. The fourth-order valence-corrected chi connectivity index (χ4v) is 4.36. The summed E-state index contributed by atoms with van der Waals surface area (Å²) in [6.07, 6.45) is 2.62. The van der Waals surface area contributed by atoms with E-state index < -0.39 is 5.54 Å². The lowest BCUT2D eigenvalue weighted by Gasteiger charge is -2.27. The van der Waals surface area contributed by atoms with E-state index in [1.165, 1.54) is 15.3 Å². The van der Waals surface area contributed by atoms with Gasteiger partial charge in [0.1, 0.15) is 5.54 Å². The predicted octanol–water partition coefficient (Wildman–Crippen LogP) is 3.54. The maximum Gasteiger partial charge on any atom is 0.325 e. The number of benzene rings is 1. The van der Waals surface area contributed by atoms with Gasteiger partial charge < -0.3 is 10.2 Å². The van der Waals surface area contributed by atoms with Crippen LogP contribution in [0.5, 0.6) is 0 Å². The molecule has 0 spiro atoms. The maximum atomic E-state index is 12.0. The van der Waals surface area contributed by atoms with E-state index in [2.05, 4.69) is 57.0 Å². The minimum Gasteiger partial charge on any atom is -0.352 e. The van der Waals surface area contributed by atoms with Gasteiger partial charge in [0.2, 0.25) is 5.95 Å². The molecule has 1 saturated heterocycles. The van der Waals surface area contributed by atoms with E-state index in [1.807, 2.05) is 12.1 Å². The summed E-state index contributed by atoms with van der Waals surface area (Å²) < 4.78 is 0. The summed E-state index contributed by atoms with van der Waals surface area (Å²) in [6.45, 7) is 4.28. The topological polar surface area (TPSA) is 87.2 Å². The Labute approximate surface area is 179 Å². The van der Waals surface area contributed by atoms with E-state index in [0.717, 1.165) is 17.0 Å². The summed E-state index contributed by atoms with van der Waals surface area (Å²) in [5.41, 5.74) is 1.28. The smallest absolute Gasteiger partial charge is 0.325 e. The molecule has 1 aliphatic rings. The standard InChI is InChI=1S/C22H23N5O2S/c1-22(2)19(28)26-21(29)27(22)13-12-24-20-23-11-10-17(25-20)18-9-8-16(30-18)14-15-6-4-3-5-7-15/h3-11H,12-14H2,1-2H3,(H,23,24,25)(H,26,28,29). The summed E-state index contributed by atoms with van der Waals surface area (Å²) in [5, 5.41) is 5.50. The second-order valence-corrected chi connectivity index (χ2v) is 8.76. The molecule has 30 heavy (non-hydrogen) atoms. The van der Waals surface area contributed by atoms with Crippen molar-refractivity contribution < 1.29 is 9.59 Å². The molecule has 3 aromatic rings. The molecule has 1 aliphatic heterocycles. The lowest BCUT2D eigenvalue weighted by Crippen LogP contribution is -2.46. The van der Waals surface area contributed by atoms with Crippen molar-refractivity contribution in [2.75, 3.05) is 18.4 Å². The number of carbonyl (C=O) groups excluding carboxylic acids is 2. The number of nitrogens with zero attached hydrogens (tertiary/aromatic N) is 3. The van der Waals surface area contributed by atoms with Gasteiger partial charge in [-0.15, -0.1) is 11.3 Å². The van der Waals surface area contributed by atoms with Crippen molar-refractivity contribution in [3.8, 4) is 10.6 Å². The van der Waals surface area contributed by atoms with E-state index in [4.69, 9.17) is 0 Å². The van der Waals surface area contributed by atoms with Gasteiger partial charge >= 0.3 is 6.03 Å². The molecule has 0 unspecified atom stereocenters. The Bertz CT molecular complexity index is 1060. The molecule has 2 N–H and O–H groups in total. The van der Waals surface area contributed by atoms with Crippen molar-refractivity contribution in [1.82, 2.24) is 20.2 Å². The second kappa shape index (κ2) is 8.23. The molecule has 0 aliphatic carbocycles. The third-order valence-electron chi connectivity index (χ3n) is 5.11. The highest BCUT2D eigenvalue weighted by Crippen LogP contribution is 2.28. The molecule has 0 atom stereocenters. The summed E-state index contributed by atoms with van der Waals surface area (Å²) in [5.74, 6) is 0.212. The van der Waals surface area contributed by atoms with Gasteiger partial charge in [0, 0.05) is 30.6 Å². The van der Waals surface area contributed by atoms with Crippen LogP contribution in [0, 0.1) is 0 Å². The average Bonchev–Trinajstić information content (AvgIpc) is 3.27. The zero-order valence-electron chi connectivity index (χ0n) is 16.9. The number of rotatable bonds is 7. The van der Waals surface area contributed by atoms with Crippen molar-refractivity contribution in [2.45, 2.75) is 25.8 Å². The molecule has 1 fully saturated rings. The van der Waals surface area contributed by atoms with Crippen LogP contribution in [-0.4, -0.2) is 45.4 Å². The summed E-state index contributed by atoms with van der Waals surface area (Å²) in [4.78, 5) is 36.5. The Morgan fingerprint density at radius 2 is 1.90 bits per heavy atom. The number of amides is 3. The fourth-order valence-electron chi connectivity index (χ4n) is 3.34. The predicted molar refractivity (Wildman–Crippen MR) is 117 cm³/mol. The Balaban J connectivity index is 1.39. The lowest BCUT2D eigenvalue weighted by atomic mass is 10.0. The Kier molecular flexibility index (Phi) is 5.50. The molecule has 3 amide bonds. The third-order valence-corrected chi connectivity index (χ3v) is 6.21. The average molecular weight is 422 g/mol. The van der Waals surface area contributed by atoms with E-state index in [9.17, 15) is 9.59 Å². The second-order valence-electron chi connectivity index (χ2n) is 7.59. The molecule has 4 rings (SSSR count). The first-order chi connectivity index (χ1) is 14.4. The highest BCUT2D eigenvalue weighted by atomic mass is 32.1. The first-order valence-corrected chi connectivity index (χ1v) is 10.6.